The molecule has 1 aliphatic heterocycles. The maximum absolute atomic E-state index is 15.6. The zero-order chi connectivity index (χ0) is 15.6. The van der Waals surface area contributed by atoms with E-state index in [-0.39, 0.29) is 5.04 Å². The molecule has 0 amide bonds. The van der Waals surface area contributed by atoms with Crippen LogP contribution < -0.4 is 0 Å². The molecule has 2 rings (SSSR count). The van der Waals surface area contributed by atoms with Crippen molar-refractivity contribution in [1.29, 1.82) is 0 Å². The highest BCUT2D eigenvalue weighted by Gasteiger charge is 2.79. The molecule has 1 spiro atoms. The number of alkyl halides is 1. The van der Waals surface area contributed by atoms with Crippen LogP contribution in [0.5, 0.6) is 0 Å². The Morgan fingerprint density at radius 3 is 1.80 bits per heavy atom. The van der Waals surface area contributed by atoms with Gasteiger partial charge in [0.05, 0.1) is 0 Å². The lowest BCUT2D eigenvalue weighted by molar-refractivity contribution is 0.124. The Kier molecular flexibility index (Phi) is 3.55. The summed E-state index contributed by atoms with van der Waals surface area (Å²) < 4.78 is 21.5. The molecule has 0 bridgehead atoms. The van der Waals surface area contributed by atoms with Gasteiger partial charge in [-0.1, -0.05) is 54.6 Å². The SMILES string of the molecule is CC(C)(C)C1CCC2(CC1)OC2(F)[Si](C)(C)C(C)(C)C. The fraction of sp³-hybridized carbons (Fsp3) is 1.00. The van der Waals surface area contributed by atoms with Gasteiger partial charge in [0, 0.05) is 0 Å². The van der Waals surface area contributed by atoms with Crippen molar-refractivity contribution in [2.24, 2.45) is 11.3 Å². The second kappa shape index (κ2) is 4.31. The predicted octanol–water partition coefficient (Wildman–Crippen LogP) is 5.71. The van der Waals surface area contributed by atoms with Crippen LogP contribution in [-0.2, 0) is 4.74 Å². The maximum Gasteiger partial charge on any atom is 0.220 e. The van der Waals surface area contributed by atoms with Gasteiger partial charge in [-0.2, -0.15) is 0 Å². The molecule has 1 heterocycles. The second-order valence-corrected chi connectivity index (χ2v) is 15.1. The van der Waals surface area contributed by atoms with E-state index in [9.17, 15) is 0 Å². The molecule has 3 heteroatoms. The van der Waals surface area contributed by atoms with Crippen LogP contribution in [-0.4, -0.2) is 19.2 Å². The minimum atomic E-state index is -2.11. The van der Waals surface area contributed by atoms with Crippen LogP contribution in [0, 0.1) is 11.3 Å². The number of ether oxygens (including phenoxy) is 1. The smallest absolute Gasteiger partial charge is 0.220 e. The lowest BCUT2D eigenvalue weighted by Crippen LogP contribution is -2.54. The van der Waals surface area contributed by atoms with Crippen LogP contribution in [0.3, 0.4) is 0 Å². The summed E-state index contributed by atoms with van der Waals surface area (Å²) in [6.45, 7) is 17.8. The molecule has 118 valence electrons. The number of hydrogen-bond acceptors (Lipinski definition) is 1. The molecule has 2 fully saturated rings. The second-order valence-electron chi connectivity index (χ2n) is 9.71. The van der Waals surface area contributed by atoms with Crippen LogP contribution in [0.1, 0.15) is 67.2 Å². The molecule has 2 aliphatic rings. The molecule has 1 nitrogen and oxygen atoms in total. The third-order valence-electron chi connectivity index (χ3n) is 6.58. The van der Waals surface area contributed by atoms with Crippen molar-refractivity contribution in [1.82, 2.24) is 0 Å². The summed E-state index contributed by atoms with van der Waals surface area (Å²) in [5.74, 6) is 0.709. The zero-order valence-corrected chi connectivity index (χ0v) is 15.7. The van der Waals surface area contributed by atoms with Crippen molar-refractivity contribution in [3.63, 3.8) is 0 Å². The molecule has 1 aliphatic carbocycles. The first-order valence-corrected chi connectivity index (χ1v) is 11.2. The summed E-state index contributed by atoms with van der Waals surface area (Å²) in [7, 11) is -2.11. The van der Waals surface area contributed by atoms with Crippen LogP contribution in [0.4, 0.5) is 4.39 Å². The molecule has 1 saturated heterocycles. The molecule has 0 radical (unpaired) electrons. The summed E-state index contributed by atoms with van der Waals surface area (Å²) in [5, 5.41) is 0.0339. The minimum Gasteiger partial charge on any atom is -0.334 e. The van der Waals surface area contributed by atoms with Gasteiger partial charge in [0.2, 0.25) is 5.48 Å². The summed E-state index contributed by atoms with van der Waals surface area (Å²) >= 11 is 0. The Morgan fingerprint density at radius 2 is 1.45 bits per heavy atom. The van der Waals surface area contributed by atoms with E-state index in [1.807, 2.05) is 0 Å². The average Bonchev–Trinajstić information content (AvgIpc) is 2.82. The first-order valence-electron chi connectivity index (χ1n) is 8.16. The van der Waals surface area contributed by atoms with Crippen LogP contribution >= 0.6 is 0 Å². The first-order chi connectivity index (χ1) is 8.77. The fourth-order valence-electron chi connectivity index (χ4n) is 3.80. The summed E-state index contributed by atoms with van der Waals surface area (Å²) in [5.41, 5.74) is -1.40. The Hall–Kier alpha value is 0.107. The van der Waals surface area contributed by atoms with Crippen LogP contribution in [0.15, 0.2) is 0 Å². The molecule has 1 unspecified atom stereocenters. The van der Waals surface area contributed by atoms with E-state index in [2.05, 4.69) is 54.6 Å². The minimum absolute atomic E-state index is 0.0339. The Labute approximate surface area is 125 Å². The molecular formula is C17H33FOSi. The van der Waals surface area contributed by atoms with Gasteiger partial charge in [0.25, 0.3) is 0 Å². The molecule has 0 aromatic carbocycles. The van der Waals surface area contributed by atoms with Crippen LogP contribution in [0.2, 0.25) is 18.1 Å². The largest absolute Gasteiger partial charge is 0.334 e. The van der Waals surface area contributed by atoms with Gasteiger partial charge in [-0.25, -0.2) is 4.39 Å². The van der Waals surface area contributed by atoms with Crippen molar-refractivity contribution < 1.29 is 9.13 Å². The normalized spacial score (nSPS) is 39.1. The number of rotatable bonds is 1. The molecular weight excluding hydrogens is 267 g/mol. The van der Waals surface area contributed by atoms with Gasteiger partial charge in [-0.05, 0) is 42.1 Å². The molecule has 1 atom stereocenters. The van der Waals surface area contributed by atoms with Gasteiger partial charge >= 0.3 is 0 Å². The van der Waals surface area contributed by atoms with E-state index in [1.165, 1.54) is 0 Å². The first kappa shape index (κ1) is 16.5. The summed E-state index contributed by atoms with van der Waals surface area (Å²) in [6, 6.07) is 0. The highest BCUT2D eigenvalue weighted by molar-refractivity contribution is 6.83. The number of epoxide rings is 1. The van der Waals surface area contributed by atoms with Gasteiger partial charge in [-0.3, -0.25) is 0 Å². The van der Waals surface area contributed by atoms with Crippen LogP contribution in [0.25, 0.3) is 0 Å². The van der Waals surface area contributed by atoms with Gasteiger partial charge < -0.3 is 4.74 Å². The topological polar surface area (TPSA) is 12.5 Å². The maximum atomic E-state index is 15.6. The molecule has 0 aromatic heterocycles. The average molecular weight is 301 g/mol. The standard InChI is InChI=1S/C17H33FOSi/c1-14(2,3)13-9-11-16(12-10-13)17(18,19-16)20(7,8)15(4,5)6/h13H,9-12H2,1-8H3. The van der Waals surface area contributed by atoms with E-state index in [1.54, 1.807) is 0 Å². The zero-order valence-electron chi connectivity index (χ0n) is 14.7. The molecule has 0 N–H and O–H groups in total. The lowest BCUT2D eigenvalue weighted by atomic mass is 9.69. The monoisotopic (exact) mass is 300 g/mol. The van der Waals surface area contributed by atoms with Crippen molar-refractivity contribution in [3.8, 4) is 0 Å². The van der Waals surface area contributed by atoms with Gasteiger partial charge in [0.15, 0.2) is 0 Å². The van der Waals surface area contributed by atoms with E-state index >= 15 is 4.39 Å². The highest BCUT2D eigenvalue weighted by atomic mass is 28.3. The van der Waals surface area contributed by atoms with E-state index in [0.29, 0.717) is 11.3 Å². The van der Waals surface area contributed by atoms with Crippen molar-refractivity contribution in [2.45, 2.75) is 96.4 Å². The lowest BCUT2D eigenvalue weighted by Gasteiger charge is -2.41. The number of hydrogen-bond donors (Lipinski definition) is 0. The van der Waals surface area contributed by atoms with E-state index < -0.39 is 19.2 Å². The highest BCUT2D eigenvalue weighted by Crippen LogP contribution is 2.66. The summed E-state index contributed by atoms with van der Waals surface area (Å²) in [4.78, 5) is 0. The van der Waals surface area contributed by atoms with Crippen molar-refractivity contribution in [3.05, 3.63) is 0 Å². The Bertz CT molecular complexity index is 383. The fourth-order valence-corrected chi connectivity index (χ4v) is 6.60. The van der Waals surface area contributed by atoms with Crippen molar-refractivity contribution >= 4 is 8.07 Å². The van der Waals surface area contributed by atoms with E-state index in [0.717, 1.165) is 25.7 Å². The third kappa shape index (κ3) is 2.20. The number of halogens is 1. The molecule has 20 heavy (non-hydrogen) atoms. The quantitative estimate of drug-likeness (QED) is 0.446. The summed E-state index contributed by atoms with van der Waals surface area (Å²) in [6.07, 6.45) is 4.06. The van der Waals surface area contributed by atoms with Gasteiger partial charge in [-0.15, -0.1) is 0 Å². The van der Waals surface area contributed by atoms with Crippen molar-refractivity contribution in [2.75, 3.05) is 0 Å². The Balaban J connectivity index is 2.12. The third-order valence-corrected chi connectivity index (χ3v) is 12.5. The molecule has 0 aromatic rings. The predicted molar refractivity (Wildman–Crippen MR) is 86.3 cm³/mol. The van der Waals surface area contributed by atoms with Gasteiger partial charge in [0.1, 0.15) is 13.7 Å². The Morgan fingerprint density at radius 1 is 1.00 bits per heavy atom. The molecule has 1 saturated carbocycles. The van der Waals surface area contributed by atoms with E-state index in [4.69, 9.17) is 4.74 Å².